The van der Waals surface area contributed by atoms with Crippen LogP contribution in [0.1, 0.15) is 18.1 Å². The molecule has 1 N–H and O–H groups in total. The van der Waals surface area contributed by atoms with Crippen molar-refractivity contribution in [1.82, 2.24) is 0 Å². The fraction of sp³-hybridized carbons (Fsp3) is 0.250. The summed E-state index contributed by atoms with van der Waals surface area (Å²) in [6.45, 7) is 1.76. The molecule has 0 aliphatic heterocycles. The number of ether oxygens (including phenoxy) is 2. The van der Waals surface area contributed by atoms with Crippen molar-refractivity contribution in [3.8, 4) is 11.5 Å². The Morgan fingerprint density at radius 2 is 1.65 bits per heavy atom. The highest BCUT2D eigenvalue weighted by atomic mass is 127. The first-order valence-corrected chi connectivity index (χ1v) is 7.28. The second-order valence-electron chi connectivity index (χ2n) is 4.65. The van der Waals surface area contributed by atoms with Gasteiger partial charge in [-0.15, -0.1) is 0 Å². The normalized spacial score (nSPS) is 13.7. The van der Waals surface area contributed by atoms with E-state index in [1.807, 2.05) is 36.4 Å². The quantitative estimate of drug-likeness (QED) is 0.820. The maximum Gasteiger partial charge on any atom is 0.128 e. The van der Waals surface area contributed by atoms with E-state index in [2.05, 4.69) is 22.6 Å². The summed E-state index contributed by atoms with van der Waals surface area (Å²) in [5, 5.41) is 10.9. The molecule has 0 saturated heterocycles. The minimum Gasteiger partial charge on any atom is -0.497 e. The molecule has 106 valence electrons. The third-order valence-corrected chi connectivity index (χ3v) is 4.06. The molecule has 0 aliphatic rings. The van der Waals surface area contributed by atoms with Gasteiger partial charge < -0.3 is 14.6 Å². The van der Waals surface area contributed by atoms with E-state index < -0.39 is 5.60 Å². The van der Waals surface area contributed by atoms with Crippen LogP contribution in [0.4, 0.5) is 0 Å². The van der Waals surface area contributed by atoms with Crippen molar-refractivity contribution in [2.75, 3.05) is 14.2 Å². The zero-order chi connectivity index (χ0) is 14.8. The summed E-state index contributed by atoms with van der Waals surface area (Å²) in [5.41, 5.74) is 0.408. The Morgan fingerprint density at radius 1 is 1.00 bits per heavy atom. The summed E-state index contributed by atoms with van der Waals surface area (Å²) in [6.07, 6.45) is 0. The number of halogens is 1. The monoisotopic (exact) mass is 384 g/mol. The Bertz CT molecular complexity index is 591. The van der Waals surface area contributed by atoms with Gasteiger partial charge in [-0.3, -0.25) is 0 Å². The predicted octanol–water partition coefficient (Wildman–Crippen LogP) is 3.56. The summed E-state index contributed by atoms with van der Waals surface area (Å²) in [4.78, 5) is 0. The minimum atomic E-state index is -1.12. The van der Waals surface area contributed by atoms with Crippen molar-refractivity contribution < 1.29 is 14.6 Å². The zero-order valence-corrected chi connectivity index (χ0v) is 13.8. The molecule has 0 aliphatic carbocycles. The van der Waals surface area contributed by atoms with Gasteiger partial charge in [0.15, 0.2) is 0 Å². The van der Waals surface area contributed by atoms with E-state index >= 15 is 0 Å². The lowest BCUT2D eigenvalue weighted by Crippen LogP contribution is -2.23. The fourth-order valence-electron chi connectivity index (χ4n) is 2.13. The molecule has 3 nitrogen and oxygen atoms in total. The Labute approximate surface area is 132 Å². The Balaban J connectivity index is 2.50. The van der Waals surface area contributed by atoms with E-state index in [-0.39, 0.29) is 0 Å². The average Bonchev–Trinajstić information content (AvgIpc) is 2.46. The topological polar surface area (TPSA) is 38.7 Å². The molecule has 2 aromatic carbocycles. The lowest BCUT2D eigenvalue weighted by Gasteiger charge is -2.26. The molecule has 4 heteroatoms. The number of methoxy groups -OCH3 is 2. The number of hydrogen-bond donors (Lipinski definition) is 1. The Kier molecular flexibility index (Phi) is 4.55. The highest BCUT2D eigenvalue weighted by Gasteiger charge is 2.29. The molecule has 0 spiro atoms. The molecule has 0 saturated carbocycles. The smallest absolute Gasteiger partial charge is 0.128 e. The molecular formula is C16H17IO3. The summed E-state index contributed by atoms with van der Waals surface area (Å²) in [6, 6.07) is 13.2. The largest absolute Gasteiger partial charge is 0.497 e. The molecule has 0 fully saturated rings. The van der Waals surface area contributed by atoms with Crippen LogP contribution in [-0.2, 0) is 5.60 Å². The zero-order valence-electron chi connectivity index (χ0n) is 11.7. The fourth-order valence-corrected chi connectivity index (χ4v) is 2.49. The second-order valence-corrected chi connectivity index (χ2v) is 5.89. The van der Waals surface area contributed by atoms with E-state index in [1.54, 1.807) is 27.2 Å². The van der Waals surface area contributed by atoms with Gasteiger partial charge in [0.05, 0.1) is 14.2 Å². The highest BCUT2D eigenvalue weighted by Crippen LogP contribution is 2.37. The predicted molar refractivity (Wildman–Crippen MR) is 87.4 cm³/mol. The first-order valence-electron chi connectivity index (χ1n) is 6.20. The number of benzene rings is 2. The molecule has 0 heterocycles. The molecule has 2 rings (SSSR count). The summed E-state index contributed by atoms with van der Waals surface area (Å²) in [7, 11) is 3.19. The lowest BCUT2D eigenvalue weighted by molar-refractivity contribution is 0.0988. The highest BCUT2D eigenvalue weighted by molar-refractivity contribution is 14.1. The third kappa shape index (κ3) is 2.91. The van der Waals surface area contributed by atoms with Crippen molar-refractivity contribution in [2.45, 2.75) is 12.5 Å². The van der Waals surface area contributed by atoms with Crippen LogP contribution in [0.15, 0.2) is 42.5 Å². The van der Waals surface area contributed by atoms with E-state index in [9.17, 15) is 5.11 Å². The van der Waals surface area contributed by atoms with E-state index in [1.165, 1.54) is 0 Å². The van der Waals surface area contributed by atoms with Crippen LogP contribution in [0.25, 0.3) is 0 Å². The molecule has 20 heavy (non-hydrogen) atoms. The van der Waals surface area contributed by atoms with Crippen molar-refractivity contribution >= 4 is 22.6 Å². The van der Waals surface area contributed by atoms with Crippen LogP contribution in [0.5, 0.6) is 11.5 Å². The van der Waals surface area contributed by atoms with Gasteiger partial charge in [0.25, 0.3) is 0 Å². The van der Waals surface area contributed by atoms with Crippen LogP contribution in [0.3, 0.4) is 0 Å². The molecule has 0 bridgehead atoms. The summed E-state index contributed by atoms with van der Waals surface area (Å²) < 4.78 is 11.7. The molecule has 0 amide bonds. The average molecular weight is 384 g/mol. The van der Waals surface area contributed by atoms with Crippen molar-refractivity contribution in [2.24, 2.45) is 0 Å². The first kappa shape index (κ1) is 15.1. The van der Waals surface area contributed by atoms with Gasteiger partial charge in [0.1, 0.15) is 17.1 Å². The van der Waals surface area contributed by atoms with E-state index in [0.717, 1.165) is 9.13 Å². The van der Waals surface area contributed by atoms with E-state index in [4.69, 9.17) is 9.47 Å². The maximum absolute atomic E-state index is 10.9. The second kappa shape index (κ2) is 6.01. The van der Waals surface area contributed by atoms with Crippen LogP contribution >= 0.6 is 22.6 Å². The number of hydrogen-bond acceptors (Lipinski definition) is 3. The molecule has 1 atom stereocenters. The summed E-state index contributed by atoms with van der Waals surface area (Å²) >= 11 is 2.24. The van der Waals surface area contributed by atoms with Crippen molar-refractivity contribution in [1.29, 1.82) is 0 Å². The van der Waals surface area contributed by atoms with Gasteiger partial charge in [-0.1, -0.05) is 12.1 Å². The molecular weight excluding hydrogens is 367 g/mol. The first-order chi connectivity index (χ1) is 9.48. The molecule has 2 aromatic rings. The lowest BCUT2D eigenvalue weighted by atomic mass is 9.87. The van der Waals surface area contributed by atoms with E-state index in [0.29, 0.717) is 17.1 Å². The number of rotatable bonds is 4. The Morgan fingerprint density at radius 3 is 2.20 bits per heavy atom. The van der Waals surface area contributed by atoms with Gasteiger partial charge in [-0.2, -0.15) is 0 Å². The van der Waals surface area contributed by atoms with Gasteiger partial charge in [0, 0.05) is 15.2 Å². The van der Waals surface area contributed by atoms with Crippen LogP contribution < -0.4 is 9.47 Å². The van der Waals surface area contributed by atoms with Gasteiger partial charge in [-0.05, 0) is 59.3 Å². The molecule has 1 unspecified atom stereocenters. The van der Waals surface area contributed by atoms with Crippen LogP contribution in [-0.4, -0.2) is 19.3 Å². The SMILES string of the molecule is COc1ccc(C(C)(O)c2ccc(I)cc2)c(OC)c1. The van der Waals surface area contributed by atoms with Crippen LogP contribution in [0, 0.1) is 3.57 Å². The number of aliphatic hydroxyl groups is 1. The van der Waals surface area contributed by atoms with Gasteiger partial charge in [0.2, 0.25) is 0 Å². The van der Waals surface area contributed by atoms with Crippen LogP contribution in [0.2, 0.25) is 0 Å². The van der Waals surface area contributed by atoms with Crippen molar-refractivity contribution in [3.63, 3.8) is 0 Å². The Hall–Kier alpha value is -1.27. The molecule has 0 radical (unpaired) electrons. The third-order valence-electron chi connectivity index (χ3n) is 3.34. The standard InChI is InChI=1S/C16H17IO3/c1-16(18,11-4-6-12(17)7-5-11)14-9-8-13(19-2)10-15(14)20-3/h4-10,18H,1-3H3. The summed E-state index contributed by atoms with van der Waals surface area (Å²) in [5.74, 6) is 1.30. The van der Waals surface area contributed by atoms with Gasteiger partial charge >= 0.3 is 0 Å². The van der Waals surface area contributed by atoms with Gasteiger partial charge in [-0.25, -0.2) is 0 Å². The van der Waals surface area contributed by atoms with Crippen molar-refractivity contribution in [3.05, 3.63) is 57.2 Å². The maximum atomic E-state index is 10.9. The molecule has 0 aromatic heterocycles. The minimum absolute atomic E-state index is 0.605.